The molecule has 0 aliphatic carbocycles. The van der Waals surface area contributed by atoms with Crippen LogP contribution in [0.5, 0.6) is 17.2 Å². The van der Waals surface area contributed by atoms with Crippen LogP contribution in [0, 0.1) is 0 Å². The Bertz CT molecular complexity index is 882. The van der Waals surface area contributed by atoms with Gasteiger partial charge >= 0.3 is 51.4 Å². The van der Waals surface area contributed by atoms with Crippen LogP contribution in [0.1, 0.15) is 83.1 Å². The van der Waals surface area contributed by atoms with E-state index in [2.05, 4.69) is 6.92 Å². The molecule has 0 bridgehead atoms. The molecule has 0 atom stereocenters. The SMILES string of the molecule is CCCCCCCCCCCCCc1cccc(Oc2ccc([O-])cc2)c1S(=O)(=O)O.[K+]. The standard InChI is InChI=1S/C25H36O5S.K/c1-2-3-4-5-6-7-8-9-10-11-12-14-21-15-13-16-24(25(21)31(27,28)29)30-23-19-17-22(26)18-20-23;/h13,15-20,26H,2-12,14H2,1H3,(H,27,28,29);/q;+1/p-1. The molecule has 0 aliphatic heterocycles. The summed E-state index contributed by atoms with van der Waals surface area (Å²) in [5.41, 5.74) is 0.552. The van der Waals surface area contributed by atoms with Crippen molar-refractivity contribution in [1.82, 2.24) is 0 Å². The van der Waals surface area contributed by atoms with E-state index in [-0.39, 0.29) is 67.8 Å². The van der Waals surface area contributed by atoms with E-state index in [0.29, 0.717) is 17.7 Å². The fourth-order valence-electron chi connectivity index (χ4n) is 3.75. The van der Waals surface area contributed by atoms with E-state index in [4.69, 9.17) is 4.74 Å². The summed E-state index contributed by atoms with van der Waals surface area (Å²) >= 11 is 0. The molecule has 0 fully saturated rings. The monoisotopic (exact) mass is 486 g/mol. The van der Waals surface area contributed by atoms with Gasteiger partial charge in [0.25, 0.3) is 10.1 Å². The maximum Gasteiger partial charge on any atom is 1.00 e. The van der Waals surface area contributed by atoms with Gasteiger partial charge in [-0.1, -0.05) is 95.4 Å². The van der Waals surface area contributed by atoms with E-state index in [0.717, 1.165) is 19.3 Å². The van der Waals surface area contributed by atoms with E-state index in [1.807, 2.05) is 0 Å². The predicted octanol–water partition coefficient (Wildman–Crippen LogP) is 3.66. The van der Waals surface area contributed by atoms with E-state index in [1.54, 1.807) is 12.1 Å². The normalized spacial score (nSPS) is 11.2. The molecule has 0 radical (unpaired) electrons. The average molecular weight is 487 g/mol. The zero-order valence-corrected chi connectivity index (χ0v) is 23.5. The molecule has 0 heterocycles. The maximum atomic E-state index is 12.0. The van der Waals surface area contributed by atoms with Crippen molar-refractivity contribution < 1.29 is 74.2 Å². The maximum absolute atomic E-state index is 12.0. The van der Waals surface area contributed by atoms with Crippen LogP contribution in [0.2, 0.25) is 0 Å². The Kier molecular flexibility index (Phi) is 15.0. The second kappa shape index (κ2) is 16.3. The summed E-state index contributed by atoms with van der Waals surface area (Å²) < 4.78 is 39.5. The van der Waals surface area contributed by atoms with Crippen LogP contribution in [-0.2, 0) is 16.5 Å². The zero-order chi connectivity index (χ0) is 22.5. The molecule has 0 unspecified atom stereocenters. The molecule has 0 aromatic heterocycles. The summed E-state index contributed by atoms with van der Waals surface area (Å²) in [5.74, 6) is 0.255. The van der Waals surface area contributed by atoms with Crippen LogP contribution >= 0.6 is 0 Å². The van der Waals surface area contributed by atoms with Gasteiger partial charge in [-0.25, -0.2) is 0 Å². The molecule has 2 aromatic rings. The smallest absolute Gasteiger partial charge is 0.872 e. The Morgan fingerprint density at radius 1 is 0.812 bits per heavy atom. The molecule has 0 saturated heterocycles. The summed E-state index contributed by atoms with van der Waals surface area (Å²) in [7, 11) is -4.44. The van der Waals surface area contributed by atoms with Gasteiger partial charge in [-0.3, -0.25) is 4.55 Å². The Morgan fingerprint density at radius 3 is 1.88 bits per heavy atom. The molecule has 1 N–H and O–H groups in total. The summed E-state index contributed by atoms with van der Waals surface area (Å²) in [6.07, 6.45) is 14.0. The van der Waals surface area contributed by atoms with Gasteiger partial charge in [0.1, 0.15) is 16.4 Å². The van der Waals surface area contributed by atoms with E-state index >= 15 is 0 Å². The van der Waals surface area contributed by atoms with E-state index in [1.165, 1.54) is 81.7 Å². The Morgan fingerprint density at radius 2 is 1.34 bits per heavy atom. The summed E-state index contributed by atoms with van der Waals surface area (Å²) in [6, 6.07) is 10.6. The number of benzene rings is 2. The molecule has 172 valence electrons. The van der Waals surface area contributed by atoms with Crippen LogP contribution in [0.15, 0.2) is 47.4 Å². The first-order valence-electron chi connectivity index (χ1n) is 11.5. The number of rotatable bonds is 15. The third kappa shape index (κ3) is 11.1. The number of unbranched alkanes of at least 4 members (excludes halogenated alkanes) is 10. The third-order valence-corrected chi connectivity index (χ3v) is 6.40. The van der Waals surface area contributed by atoms with Crippen molar-refractivity contribution >= 4 is 10.1 Å². The molecule has 2 aromatic carbocycles. The van der Waals surface area contributed by atoms with Crippen molar-refractivity contribution in [2.24, 2.45) is 0 Å². The average Bonchev–Trinajstić information content (AvgIpc) is 2.73. The van der Waals surface area contributed by atoms with Gasteiger partial charge in [0.15, 0.2) is 0 Å². The number of ether oxygens (including phenoxy) is 1. The van der Waals surface area contributed by atoms with Crippen LogP contribution in [0.3, 0.4) is 0 Å². The van der Waals surface area contributed by atoms with Crippen LogP contribution < -0.4 is 61.2 Å². The molecule has 2 rings (SSSR count). The van der Waals surface area contributed by atoms with E-state index < -0.39 is 10.1 Å². The quantitative estimate of drug-likeness (QED) is 0.236. The van der Waals surface area contributed by atoms with Crippen molar-refractivity contribution in [1.29, 1.82) is 0 Å². The minimum absolute atomic E-state index is 0. The Labute approximate surface area is 236 Å². The molecular weight excluding hydrogens is 451 g/mol. The Hall–Kier alpha value is -0.414. The molecule has 7 heteroatoms. The van der Waals surface area contributed by atoms with Gasteiger partial charge in [0, 0.05) is 0 Å². The fourth-order valence-corrected chi connectivity index (χ4v) is 4.61. The van der Waals surface area contributed by atoms with Gasteiger partial charge in [0.05, 0.1) is 0 Å². The minimum atomic E-state index is -4.44. The largest absolute Gasteiger partial charge is 1.00 e. The summed E-state index contributed by atoms with van der Waals surface area (Å²) in [5, 5.41) is 11.2. The molecular formula is C25H35KO5S. The number of hydrogen-bond acceptors (Lipinski definition) is 4. The van der Waals surface area contributed by atoms with Crippen LogP contribution in [-0.4, -0.2) is 13.0 Å². The van der Waals surface area contributed by atoms with Crippen molar-refractivity contribution in [3.05, 3.63) is 48.0 Å². The van der Waals surface area contributed by atoms with Crippen molar-refractivity contribution in [3.63, 3.8) is 0 Å². The van der Waals surface area contributed by atoms with Gasteiger partial charge < -0.3 is 9.84 Å². The first-order chi connectivity index (χ1) is 14.9. The molecule has 0 spiro atoms. The third-order valence-electron chi connectivity index (χ3n) is 5.42. The van der Waals surface area contributed by atoms with Gasteiger partial charge in [0.2, 0.25) is 0 Å². The van der Waals surface area contributed by atoms with Crippen molar-refractivity contribution in [2.75, 3.05) is 0 Å². The van der Waals surface area contributed by atoms with Gasteiger partial charge in [-0.15, -0.1) is 5.75 Å². The van der Waals surface area contributed by atoms with Gasteiger partial charge in [-0.2, -0.15) is 8.42 Å². The second-order valence-electron chi connectivity index (χ2n) is 8.08. The zero-order valence-electron chi connectivity index (χ0n) is 19.5. The Balaban J connectivity index is 0.00000512. The molecule has 0 saturated carbocycles. The predicted molar refractivity (Wildman–Crippen MR) is 122 cm³/mol. The molecule has 32 heavy (non-hydrogen) atoms. The summed E-state index contributed by atoms with van der Waals surface area (Å²) in [6.45, 7) is 2.23. The van der Waals surface area contributed by atoms with Gasteiger partial charge in [-0.05, 0) is 36.6 Å². The van der Waals surface area contributed by atoms with Crippen molar-refractivity contribution in [2.45, 2.75) is 88.9 Å². The van der Waals surface area contributed by atoms with Crippen molar-refractivity contribution in [3.8, 4) is 17.2 Å². The topological polar surface area (TPSA) is 86.7 Å². The van der Waals surface area contributed by atoms with Crippen LogP contribution in [0.4, 0.5) is 0 Å². The fraction of sp³-hybridized carbons (Fsp3) is 0.520. The molecule has 5 nitrogen and oxygen atoms in total. The minimum Gasteiger partial charge on any atom is -0.872 e. The first kappa shape index (κ1) is 29.6. The molecule has 0 amide bonds. The number of aryl methyl sites for hydroxylation is 1. The summed E-state index contributed by atoms with van der Waals surface area (Å²) in [4.78, 5) is -0.187. The van der Waals surface area contributed by atoms with Crippen LogP contribution in [0.25, 0.3) is 0 Å². The second-order valence-corrected chi connectivity index (χ2v) is 9.44. The van der Waals surface area contributed by atoms with E-state index in [9.17, 15) is 18.1 Å². The number of hydrogen-bond donors (Lipinski definition) is 1. The first-order valence-corrected chi connectivity index (χ1v) is 12.9. The molecule has 0 aliphatic rings.